The number of carbonyl (C=O) groups excluding carboxylic acids is 2. The SMILES string of the molecule is COc1ccc(C(=O)N/N=C\c2ccc(OCC(N)=O)cc2)cc1. The molecule has 7 heteroatoms. The molecule has 0 bridgehead atoms. The molecule has 0 aliphatic carbocycles. The van der Waals surface area contributed by atoms with Gasteiger partial charge in [0.1, 0.15) is 11.5 Å². The van der Waals surface area contributed by atoms with Crippen LogP contribution in [0, 0.1) is 0 Å². The number of amides is 2. The van der Waals surface area contributed by atoms with Gasteiger partial charge in [0, 0.05) is 5.56 Å². The van der Waals surface area contributed by atoms with Crippen LogP contribution in [0.2, 0.25) is 0 Å². The van der Waals surface area contributed by atoms with Crippen LogP contribution in [0.1, 0.15) is 15.9 Å². The van der Waals surface area contributed by atoms with Crippen molar-refractivity contribution in [3.63, 3.8) is 0 Å². The number of methoxy groups -OCH3 is 1. The molecule has 0 aliphatic rings. The molecule has 0 heterocycles. The Morgan fingerprint density at radius 1 is 1.08 bits per heavy atom. The van der Waals surface area contributed by atoms with Crippen LogP contribution in [0.5, 0.6) is 11.5 Å². The molecule has 24 heavy (non-hydrogen) atoms. The summed E-state index contributed by atoms with van der Waals surface area (Å²) in [5, 5.41) is 3.89. The Balaban J connectivity index is 1.88. The van der Waals surface area contributed by atoms with Crippen LogP contribution >= 0.6 is 0 Å². The molecule has 0 aliphatic heterocycles. The van der Waals surface area contributed by atoms with E-state index in [1.165, 1.54) is 6.21 Å². The average Bonchev–Trinajstić information content (AvgIpc) is 2.61. The van der Waals surface area contributed by atoms with E-state index in [-0.39, 0.29) is 12.5 Å². The molecule has 2 aromatic rings. The van der Waals surface area contributed by atoms with Gasteiger partial charge >= 0.3 is 0 Å². The van der Waals surface area contributed by atoms with Crippen LogP contribution in [0.25, 0.3) is 0 Å². The highest BCUT2D eigenvalue weighted by Crippen LogP contribution is 2.12. The van der Waals surface area contributed by atoms with Crippen molar-refractivity contribution in [2.75, 3.05) is 13.7 Å². The number of ether oxygens (including phenoxy) is 2. The lowest BCUT2D eigenvalue weighted by Crippen LogP contribution is -2.20. The van der Waals surface area contributed by atoms with E-state index < -0.39 is 5.91 Å². The van der Waals surface area contributed by atoms with E-state index in [1.807, 2.05) is 0 Å². The highest BCUT2D eigenvalue weighted by atomic mass is 16.5. The summed E-state index contributed by atoms with van der Waals surface area (Å²) in [5.41, 5.74) is 8.67. The van der Waals surface area contributed by atoms with Crippen molar-refractivity contribution in [2.45, 2.75) is 0 Å². The first-order valence-corrected chi connectivity index (χ1v) is 7.07. The number of rotatable bonds is 7. The molecule has 0 spiro atoms. The van der Waals surface area contributed by atoms with Gasteiger partial charge < -0.3 is 15.2 Å². The van der Waals surface area contributed by atoms with E-state index in [2.05, 4.69) is 10.5 Å². The van der Waals surface area contributed by atoms with Gasteiger partial charge in [-0.15, -0.1) is 0 Å². The van der Waals surface area contributed by atoms with Gasteiger partial charge in [0.05, 0.1) is 13.3 Å². The van der Waals surface area contributed by atoms with Gasteiger partial charge in [0.2, 0.25) is 0 Å². The number of nitrogens with zero attached hydrogens (tertiary/aromatic N) is 1. The van der Waals surface area contributed by atoms with E-state index in [1.54, 1.807) is 55.6 Å². The molecule has 0 unspecified atom stereocenters. The lowest BCUT2D eigenvalue weighted by molar-refractivity contribution is -0.119. The Kier molecular flexibility index (Phi) is 5.90. The number of carbonyl (C=O) groups is 2. The van der Waals surface area contributed by atoms with E-state index in [0.717, 1.165) is 5.56 Å². The summed E-state index contributed by atoms with van der Waals surface area (Å²) in [7, 11) is 1.56. The molecule has 0 aromatic heterocycles. The van der Waals surface area contributed by atoms with Gasteiger partial charge in [-0.1, -0.05) is 0 Å². The van der Waals surface area contributed by atoms with Crippen molar-refractivity contribution >= 4 is 18.0 Å². The minimum Gasteiger partial charge on any atom is -0.497 e. The molecule has 0 saturated carbocycles. The topological polar surface area (TPSA) is 103 Å². The molecular weight excluding hydrogens is 310 g/mol. The van der Waals surface area contributed by atoms with Gasteiger partial charge in [0.15, 0.2) is 6.61 Å². The van der Waals surface area contributed by atoms with Crippen LogP contribution < -0.4 is 20.6 Å². The zero-order valence-electron chi connectivity index (χ0n) is 13.1. The van der Waals surface area contributed by atoms with Crippen LogP contribution in [0.3, 0.4) is 0 Å². The van der Waals surface area contributed by atoms with Crippen LogP contribution in [-0.4, -0.2) is 31.7 Å². The predicted molar refractivity (Wildman–Crippen MR) is 89.2 cm³/mol. The molecule has 0 radical (unpaired) electrons. The Hall–Kier alpha value is -3.35. The molecule has 0 saturated heterocycles. The summed E-state index contributed by atoms with van der Waals surface area (Å²) in [6.45, 7) is -0.175. The number of hydrogen-bond acceptors (Lipinski definition) is 5. The lowest BCUT2D eigenvalue weighted by Gasteiger charge is -2.03. The molecule has 124 valence electrons. The first kappa shape index (κ1) is 17.0. The maximum atomic E-state index is 11.9. The van der Waals surface area contributed by atoms with Gasteiger partial charge in [-0.3, -0.25) is 9.59 Å². The van der Waals surface area contributed by atoms with E-state index in [4.69, 9.17) is 15.2 Å². The fourth-order valence-corrected chi connectivity index (χ4v) is 1.78. The third-order valence-corrected chi connectivity index (χ3v) is 2.99. The minimum absolute atomic E-state index is 0.175. The molecule has 2 rings (SSSR count). The highest BCUT2D eigenvalue weighted by molar-refractivity contribution is 5.95. The normalized spacial score (nSPS) is 10.4. The van der Waals surface area contributed by atoms with E-state index in [9.17, 15) is 9.59 Å². The first-order chi connectivity index (χ1) is 11.6. The number of hydrazone groups is 1. The summed E-state index contributed by atoms with van der Waals surface area (Å²) < 4.78 is 10.2. The lowest BCUT2D eigenvalue weighted by atomic mass is 10.2. The second kappa shape index (κ2) is 8.33. The number of benzene rings is 2. The summed E-state index contributed by atoms with van der Waals surface area (Å²) in [5.74, 6) is 0.333. The third kappa shape index (κ3) is 5.13. The smallest absolute Gasteiger partial charge is 0.271 e. The zero-order valence-corrected chi connectivity index (χ0v) is 13.1. The van der Waals surface area contributed by atoms with Crippen molar-refractivity contribution in [2.24, 2.45) is 10.8 Å². The Bertz CT molecular complexity index is 725. The summed E-state index contributed by atoms with van der Waals surface area (Å²) >= 11 is 0. The highest BCUT2D eigenvalue weighted by Gasteiger charge is 2.03. The van der Waals surface area contributed by atoms with E-state index >= 15 is 0 Å². The predicted octanol–water partition coefficient (Wildman–Crippen LogP) is 1.32. The zero-order chi connectivity index (χ0) is 17.4. The standard InChI is InChI=1S/C17H17N3O4/c1-23-14-8-4-13(5-9-14)17(22)20-19-10-12-2-6-15(7-3-12)24-11-16(18)21/h2-10H,11H2,1H3,(H2,18,21)(H,20,22)/b19-10-. The summed E-state index contributed by atoms with van der Waals surface area (Å²) in [6, 6.07) is 13.5. The van der Waals surface area contributed by atoms with Crippen molar-refractivity contribution < 1.29 is 19.1 Å². The largest absolute Gasteiger partial charge is 0.497 e. The average molecular weight is 327 g/mol. The molecule has 7 nitrogen and oxygen atoms in total. The molecule has 2 aromatic carbocycles. The molecule has 3 N–H and O–H groups in total. The molecular formula is C17H17N3O4. The van der Waals surface area contributed by atoms with Crippen LogP contribution in [0.15, 0.2) is 53.6 Å². The Morgan fingerprint density at radius 3 is 2.29 bits per heavy atom. The molecule has 0 atom stereocenters. The first-order valence-electron chi connectivity index (χ1n) is 7.07. The maximum Gasteiger partial charge on any atom is 0.271 e. The fraction of sp³-hybridized carbons (Fsp3) is 0.118. The molecule has 2 amide bonds. The van der Waals surface area contributed by atoms with Crippen molar-refractivity contribution in [1.29, 1.82) is 0 Å². The Labute approximate surface area is 139 Å². The molecule has 0 fully saturated rings. The maximum absolute atomic E-state index is 11.9. The fourth-order valence-electron chi connectivity index (χ4n) is 1.78. The second-order valence-corrected chi connectivity index (χ2v) is 4.75. The van der Waals surface area contributed by atoms with E-state index in [0.29, 0.717) is 17.1 Å². The summed E-state index contributed by atoms with van der Waals surface area (Å²) in [6.07, 6.45) is 1.50. The van der Waals surface area contributed by atoms with Gasteiger partial charge in [-0.2, -0.15) is 5.10 Å². The monoisotopic (exact) mass is 327 g/mol. The number of hydrogen-bond donors (Lipinski definition) is 2. The third-order valence-electron chi connectivity index (χ3n) is 2.99. The Morgan fingerprint density at radius 2 is 1.71 bits per heavy atom. The number of nitrogens with one attached hydrogen (secondary N) is 1. The van der Waals surface area contributed by atoms with Crippen molar-refractivity contribution in [1.82, 2.24) is 5.43 Å². The van der Waals surface area contributed by atoms with Gasteiger partial charge in [-0.25, -0.2) is 5.43 Å². The summed E-state index contributed by atoms with van der Waals surface area (Å²) in [4.78, 5) is 22.5. The minimum atomic E-state index is -0.540. The van der Waals surface area contributed by atoms with Crippen molar-refractivity contribution in [3.05, 3.63) is 59.7 Å². The van der Waals surface area contributed by atoms with Gasteiger partial charge in [0.25, 0.3) is 11.8 Å². The quantitative estimate of drug-likeness (QED) is 0.591. The number of primary amides is 1. The second-order valence-electron chi connectivity index (χ2n) is 4.75. The van der Waals surface area contributed by atoms with Crippen LogP contribution in [0.4, 0.5) is 0 Å². The van der Waals surface area contributed by atoms with Crippen LogP contribution in [-0.2, 0) is 4.79 Å². The van der Waals surface area contributed by atoms with Gasteiger partial charge in [-0.05, 0) is 54.1 Å². The van der Waals surface area contributed by atoms with Crippen molar-refractivity contribution in [3.8, 4) is 11.5 Å². The number of nitrogens with two attached hydrogens (primary N) is 1.